The minimum absolute atomic E-state index is 0.0695. The number of carbonyl (C=O) groups is 1. The second-order valence-corrected chi connectivity index (χ2v) is 5.52. The van der Waals surface area contributed by atoms with Crippen LogP contribution in [-0.2, 0) is 6.54 Å². The van der Waals surface area contributed by atoms with Crippen molar-refractivity contribution in [1.82, 2.24) is 20.3 Å². The number of halogens is 1. The Morgan fingerprint density at radius 3 is 2.72 bits per heavy atom. The number of rotatable bonds is 5. The van der Waals surface area contributed by atoms with Crippen molar-refractivity contribution >= 4 is 17.7 Å². The molecule has 0 spiro atoms. The van der Waals surface area contributed by atoms with E-state index >= 15 is 0 Å². The van der Waals surface area contributed by atoms with Crippen molar-refractivity contribution in [3.8, 4) is 6.01 Å². The molecule has 9 heteroatoms. The molecule has 1 aliphatic heterocycles. The third kappa shape index (κ3) is 4.31. The smallest absolute Gasteiger partial charge is 0.321 e. The Morgan fingerprint density at radius 2 is 2.00 bits per heavy atom. The Hall–Kier alpha value is -2.97. The van der Waals surface area contributed by atoms with Gasteiger partial charge in [-0.25, -0.2) is 9.18 Å². The van der Waals surface area contributed by atoms with Crippen LogP contribution >= 0.6 is 0 Å². The largest absolute Gasteiger partial charge is 0.467 e. The quantitative estimate of drug-likeness (QED) is 0.860. The molecule has 1 aromatic heterocycles. The van der Waals surface area contributed by atoms with Crippen LogP contribution in [0.4, 0.5) is 20.8 Å². The molecule has 0 aliphatic carbocycles. The first kappa shape index (κ1) is 16.9. The summed E-state index contributed by atoms with van der Waals surface area (Å²) in [5.41, 5.74) is 0.103. The van der Waals surface area contributed by atoms with Crippen LogP contribution in [0.15, 0.2) is 24.3 Å². The molecule has 0 radical (unpaired) electrons. The normalized spacial score (nSPS) is 13.6. The lowest BCUT2D eigenvalue weighted by atomic mass is 10.3. The van der Waals surface area contributed by atoms with Gasteiger partial charge in [0.15, 0.2) is 5.82 Å². The summed E-state index contributed by atoms with van der Waals surface area (Å²) in [5, 5.41) is 5.04. The Kier molecular flexibility index (Phi) is 5.22. The summed E-state index contributed by atoms with van der Waals surface area (Å²) < 4.78 is 18.6. The molecular weight excluding hydrogens is 327 g/mol. The maximum Gasteiger partial charge on any atom is 0.321 e. The number of nitrogens with one attached hydrogen (secondary N) is 2. The summed E-state index contributed by atoms with van der Waals surface area (Å²) in [7, 11) is 1.48. The van der Waals surface area contributed by atoms with E-state index in [1.54, 1.807) is 12.1 Å². The van der Waals surface area contributed by atoms with Crippen LogP contribution < -0.4 is 20.3 Å². The van der Waals surface area contributed by atoms with E-state index in [2.05, 4.69) is 25.6 Å². The maximum absolute atomic E-state index is 13.5. The van der Waals surface area contributed by atoms with Gasteiger partial charge in [0.05, 0.1) is 19.3 Å². The van der Waals surface area contributed by atoms with E-state index in [1.165, 1.54) is 19.2 Å². The fourth-order valence-electron chi connectivity index (χ4n) is 2.50. The molecule has 2 aromatic rings. The van der Waals surface area contributed by atoms with E-state index in [4.69, 9.17) is 4.74 Å². The average molecular weight is 346 g/mol. The molecular formula is C16H19FN6O2. The zero-order valence-corrected chi connectivity index (χ0v) is 13.8. The number of hydrogen-bond acceptors (Lipinski definition) is 6. The van der Waals surface area contributed by atoms with Gasteiger partial charge in [0, 0.05) is 13.1 Å². The Bertz CT molecular complexity index is 751. The van der Waals surface area contributed by atoms with Gasteiger partial charge in [-0.2, -0.15) is 15.0 Å². The highest BCUT2D eigenvalue weighted by Gasteiger charge is 2.18. The highest BCUT2D eigenvalue weighted by Crippen LogP contribution is 2.17. The van der Waals surface area contributed by atoms with E-state index in [1.807, 2.05) is 4.90 Å². The molecule has 0 saturated carbocycles. The molecule has 1 saturated heterocycles. The lowest BCUT2D eigenvalue weighted by molar-refractivity contribution is 0.251. The lowest BCUT2D eigenvalue weighted by Crippen LogP contribution is -2.30. The fraction of sp³-hybridized carbons (Fsp3) is 0.375. The van der Waals surface area contributed by atoms with Crippen molar-refractivity contribution in [3.63, 3.8) is 0 Å². The number of urea groups is 1. The molecule has 1 aromatic carbocycles. The van der Waals surface area contributed by atoms with Gasteiger partial charge in [0.2, 0.25) is 5.95 Å². The second-order valence-electron chi connectivity index (χ2n) is 5.52. The molecule has 0 unspecified atom stereocenters. The van der Waals surface area contributed by atoms with Crippen molar-refractivity contribution in [2.75, 3.05) is 30.4 Å². The predicted octanol–water partition coefficient (Wildman–Crippen LogP) is 1.94. The summed E-state index contributed by atoms with van der Waals surface area (Å²) in [6.45, 7) is 1.83. The monoisotopic (exact) mass is 346 g/mol. The maximum atomic E-state index is 13.5. The molecule has 8 nitrogen and oxygen atoms in total. The van der Waals surface area contributed by atoms with Crippen molar-refractivity contribution in [2.24, 2.45) is 0 Å². The van der Waals surface area contributed by atoms with Crippen LogP contribution in [0, 0.1) is 5.82 Å². The number of hydrogen-bond donors (Lipinski definition) is 2. The molecule has 132 valence electrons. The van der Waals surface area contributed by atoms with Crippen molar-refractivity contribution in [2.45, 2.75) is 19.4 Å². The zero-order valence-electron chi connectivity index (χ0n) is 13.8. The third-order valence-electron chi connectivity index (χ3n) is 3.75. The van der Waals surface area contributed by atoms with Gasteiger partial charge in [0.25, 0.3) is 0 Å². The van der Waals surface area contributed by atoms with Crippen LogP contribution in [0.3, 0.4) is 0 Å². The molecule has 0 bridgehead atoms. The van der Waals surface area contributed by atoms with E-state index in [9.17, 15) is 9.18 Å². The van der Waals surface area contributed by atoms with Crippen LogP contribution in [-0.4, -0.2) is 41.2 Å². The molecule has 1 aliphatic rings. The molecule has 1 fully saturated rings. The fourth-order valence-corrected chi connectivity index (χ4v) is 2.50. The first-order valence-corrected chi connectivity index (χ1v) is 7.99. The van der Waals surface area contributed by atoms with E-state index < -0.39 is 11.8 Å². The summed E-state index contributed by atoms with van der Waals surface area (Å²) in [6.07, 6.45) is 2.18. The number of nitrogens with zero attached hydrogens (tertiary/aromatic N) is 4. The summed E-state index contributed by atoms with van der Waals surface area (Å²) in [6, 6.07) is 5.59. The predicted molar refractivity (Wildman–Crippen MR) is 90.1 cm³/mol. The van der Waals surface area contributed by atoms with Gasteiger partial charge in [0.1, 0.15) is 5.82 Å². The van der Waals surface area contributed by atoms with E-state index in [0.29, 0.717) is 11.8 Å². The van der Waals surface area contributed by atoms with E-state index in [-0.39, 0.29) is 18.2 Å². The van der Waals surface area contributed by atoms with Gasteiger partial charge in [-0.1, -0.05) is 12.1 Å². The first-order valence-electron chi connectivity index (χ1n) is 7.99. The number of anilines is 2. The number of carbonyl (C=O) groups excluding carboxylic acids is 1. The molecule has 25 heavy (non-hydrogen) atoms. The lowest BCUT2D eigenvalue weighted by Gasteiger charge is -2.16. The average Bonchev–Trinajstić information content (AvgIpc) is 3.16. The topological polar surface area (TPSA) is 92.3 Å². The van der Waals surface area contributed by atoms with Gasteiger partial charge in [-0.3, -0.25) is 0 Å². The molecule has 2 amide bonds. The first-order chi connectivity index (χ1) is 12.2. The standard InChI is InChI=1S/C16H19FN6O2/c1-25-16-21-13(20-14(22-16)23-8-4-5-9-23)10-18-15(24)19-12-7-3-2-6-11(12)17/h2-3,6-7H,4-5,8-10H2,1H3,(H2,18,19,24). The second kappa shape index (κ2) is 7.73. The SMILES string of the molecule is COc1nc(CNC(=O)Nc2ccccc2F)nc(N2CCCC2)n1. The zero-order chi connectivity index (χ0) is 17.6. The van der Waals surface area contributed by atoms with E-state index in [0.717, 1.165) is 25.9 Å². The molecule has 3 rings (SSSR count). The number of aromatic nitrogens is 3. The molecule has 0 atom stereocenters. The van der Waals surface area contributed by atoms with Gasteiger partial charge in [-0.05, 0) is 25.0 Å². The van der Waals surface area contributed by atoms with Gasteiger partial charge in [-0.15, -0.1) is 0 Å². The number of methoxy groups -OCH3 is 1. The summed E-state index contributed by atoms with van der Waals surface area (Å²) >= 11 is 0. The number of benzene rings is 1. The van der Waals surface area contributed by atoms with Crippen LogP contribution in [0.2, 0.25) is 0 Å². The number of ether oxygens (including phenoxy) is 1. The van der Waals surface area contributed by atoms with Crippen LogP contribution in [0.1, 0.15) is 18.7 Å². The van der Waals surface area contributed by atoms with Gasteiger partial charge < -0.3 is 20.3 Å². The Labute approximate surface area is 144 Å². The molecule has 2 N–H and O–H groups in total. The number of amides is 2. The Morgan fingerprint density at radius 1 is 1.24 bits per heavy atom. The minimum Gasteiger partial charge on any atom is -0.467 e. The van der Waals surface area contributed by atoms with Crippen molar-refractivity contribution in [1.29, 1.82) is 0 Å². The highest BCUT2D eigenvalue weighted by atomic mass is 19.1. The summed E-state index contributed by atoms with van der Waals surface area (Å²) in [4.78, 5) is 26.7. The minimum atomic E-state index is -0.549. The summed E-state index contributed by atoms with van der Waals surface area (Å²) in [5.74, 6) is 0.406. The van der Waals surface area contributed by atoms with Crippen LogP contribution in [0.25, 0.3) is 0 Å². The molecule has 2 heterocycles. The third-order valence-corrected chi connectivity index (χ3v) is 3.75. The highest BCUT2D eigenvalue weighted by molar-refractivity contribution is 5.89. The Balaban J connectivity index is 1.64. The van der Waals surface area contributed by atoms with Gasteiger partial charge >= 0.3 is 12.0 Å². The van der Waals surface area contributed by atoms with Crippen LogP contribution in [0.5, 0.6) is 6.01 Å². The van der Waals surface area contributed by atoms with Crippen molar-refractivity contribution in [3.05, 3.63) is 35.9 Å². The van der Waals surface area contributed by atoms with Crippen molar-refractivity contribution < 1.29 is 13.9 Å². The number of para-hydroxylation sites is 1.